The van der Waals surface area contributed by atoms with E-state index in [9.17, 15) is 4.79 Å². The lowest BCUT2D eigenvalue weighted by Crippen LogP contribution is -2.24. The number of carbonyl (C=O) groups excluding carboxylic acids is 1. The van der Waals surface area contributed by atoms with Crippen LogP contribution in [0.5, 0.6) is 0 Å². The standard InChI is InChI=1S/C18H32O2SSi/c1-8-9-10-16(17(19)21-18(2,3)4)14-11-12-15(13-14)20-22(5,6)7/h8,13-14,16H,1,9-12H2,2-7H3/t14-,16-/m0/s1. The minimum absolute atomic E-state index is 0.0243. The molecule has 0 unspecified atom stereocenters. The maximum Gasteiger partial charge on any atom is 0.241 e. The molecule has 4 heteroatoms. The Hall–Kier alpha value is -0.483. The molecule has 0 spiro atoms. The Morgan fingerprint density at radius 1 is 1.50 bits per heavy atom. The minimum Gasteiger partial charge on any atom is -0.548 e. The van der Waals surface area contributed by atoms with E-state index in [2.05, 4.69) is 53.1 Å². The predicted octanol–water partition coefficient (Wildman–Crippen LogP) is 5.77. The molecule has 2 atom stereocenters. The molecule has 126 valence electrons. The Kier molecular flexibility index (Phi) is 7.00. The SMILES string of the molecule is C=CCC[C@H](C(=O)SC(C)(C)C)[C@@H]1C=C(O[Si](C)(C)C)CC1. The molecule has 0 radical (unpaired) electrons. The minimum atomic E-state index is -1.55. The van der Waals surface area contributed by atoms with Crippen molar-refractivity contribution in [2.24, 2.45) is 11.8 Å². The van der Waals surface area contributed by atoms with Crippen LogP contribution in [0.25, 0.3) is 0 Å². The molecule has 1 aliphatic carbocycles. The van der Waals surface area contributed by atoms with E-state index in [1.54, 1.807) is 0 Å². The third-order valence-corrected chi connectivity index (χ3v) is 5.46. The van der Waals surface area contributed by atoms with Crippen LogP contribution in [0.4, 0.5) is 0 Å². The molecule has 0 aliphatic heterocycles. The molecule has 22 heavy (non-hydrogen) atoms. The molecule has 0 saturated carbocycles. The highest BCUT2D eigenvalue weighted by Crippen LogP contribution is 2.39. The predicted molar refractivity (Wildman–Crippen MR) is 101 cm³/mol. The first kappa shape index (κ1) is 19.6. The fraction of sp³-hybridized carbons (Fsp3) is 0.722. The third-order valence-electron chi connectivity index (χ3n) is 3.47. The molecule has 1 rings (SSSR count). The highest BCUT2D eigenvalue weighted by molar-refractivity contribution is 8.14. The van der Waals surface area contributed by atoms with Crippen LogP contribution in [0.15, 0.2) is 24.5 Å². The Balaban J connectivity index is 2.80. The molecular weight excluding hydrogens is 308 g/mol. The van der Waals surface area contributed by atoms with Crippen LogP contribution in [0.3, 0.4) is 0 Å². The molecule has 0 heterocycles. The molecule has 0 saturated heterocycles. The van der Waals surface area contributed by atoms with Gasteiger partial charge in [0.2, 0.25) is 8.32 Å². The van der Waals surface area contributed by atoms with Gasteiger partial charge in [-0.1, -0.05) is 38.6 Å². The number of thioether (sulfide) groups is 1. The average Bonchev–Trinajstić information content (AvgIpc) is 2.73. The zero-order valence-electron chi connectivity index (χ0n) is 15.1. The Labute approximate surface area is 141 Å². The van der Waals surface area contributed by atoms with Crippen molar-refractivity contribution in [2.75, 3.05) is 0 Å². The summed E-state index contributed by atoms with van der Waals surface area (Å²) in [5.74, 6) is 1.53. The topological polar surface area (TPSA) is 26.3 Å². The number of hydrogen-bond acceptors (Lipinski definition) is 3. The third kappa shape index (κ3) is 7.19. The molecule has 0 aromatic carbocycles. The first-order valence-electron chi connectivity index (χ1n) is 8.25. The van der Waals surface area contributed by atoms with Crippen molar-refractivity contribution in [1.82, 2.24) is 0 Å². The molecule has 2 nitrogen and oxygen atoms in total. The van der Waals surface area contributed by atoms with Gasteiger partial charge in [-0.25, -0.2) is 0 Å². The first-order valence-corrected chi connectivity index (χ1v) is 12.5. The fourth-order valence-corrected chi connectivity index (χ4v) is 4.70. The summed E-state index contributed by atoms with van der Waals surface area (Å²) in [7, 11) is -1.55. The van der Waals surface area contributed by atoms with Crippen LogP contribution in [0.2, 0.25) is 19.6 Å². The van der Waals surface area contributed by atoms with Crippen molar-refractivity contribution in [2.45, 2.75) is 70.8 Å². The molecule has 0 bridgehead atoms. The van der Waals surface area contributed by atoms with Crippen molar-refractivity contribution in [3.8, 4) is 0 Å². The van der Waals surface area contributed by atoms with Gasteiger partial charge in [0.05, 0.1) is 5.76 Å². The van der Waals surface area contributed by atoms with Gasteiger partial charge in [0.1, 0.15) is 0 Å². The van der Waals surface area contributed by atoms with Crippen LogP contribution in [-0.2, 0) is 9.22 Å². The summed E-state index contributed by atoms with van der Waals surface area (Å²) in [4.78, 5) is 12.7. The van der Waals surface area contributed by atoms with Gasteiger partial charge in [-0.05, 0) is 50.9 Å². The van der Waals surface area contributed by atoms with E-state index in [1.165, 1.54) is 11.8 Å². The summed E-state index contributed by atoms with van der Waals surface area (Å²) in [6.07, 6.45) is 7.96. The van der Waals surface area contributed by atoms with Gasteiger partial charge in [-0.15, -0.1) is 6.58 Å². The summed E-state index contributed by atoms with van der Waals surface area (Å²) in [5.41, 5.74) is 0. The molecule has 0 fully saturated rings. The van der Waals surface area contributed by atoms with Crippen molar-refractivity contribution in [1.29, 1.82) is 0 Å². The maximum absolute atomic E-state index is 12.7. The van der Waals surface area contributed by atoms with E-state index in [-0.39, 0.29) is 10.7 Å². The second-order valence-electron chi connectivity index (χ2n) is 8.06. The summed E-state index contributed by atoms with van der Waals surface area (Å²) in [5, 5.41) is 0.324. The summed E-state index contributed by atoms with van der Waals surface area (Å²) >= 11 is 1.48. The van der Waals surface area contributed by atoms with Gasteiger partial charge in [-0.3, -0.25) is 4.79 Å². The normalized spacial score (nSPS) is 20.5. The lowest BCUT2D eigenvalue weighted by molar-refractivity contribution is -0.115. The van der Waals surface area contributed by atoms with Gasteiger partial charge in [0.25, 0.3) is 0 Å². The van der Waals surface area contributed by atoms with E-state index >= 15 is 0 Å². The molecular formula is C18H32O2SSi. The van der Waals surface area contributed by atoms with Crippen LogP contribution >= 0.6 is 11.8 Å². The zero-order chi connectivity index (χ0) is 17.0. The van der Waals surface area contributed by atoms with Crippen LogP contribution < -0.4 is 0 Å². The first-order chi connectivity index (χ1) is 10.0. The van der Waals surface area contributed by atoms with E-state index in [1.807, 2.05) is 6.08 Å². The molecule has 0 amide bonds. The van der Waals surface area contributed by atoms with Crippen molar-refractivity contribution in [3.05, 3.63) is 24.5 Å². The lowest BCUT2D eigenvalue weighted by atomic mass is 9.89. The van der Waals surface area contributed by atoms with Gasteiger partial charge in [-0.2, -0.15) is 0 Å². The van der Waals surface area contributed by atoms with E-state index in [4.69, 9.17) is 4.43 Å². The average molecular weight is 341 g/mol. The fourth-order valence-electron chi connectivity index (χ4n) is 2.69. The van der Waals surface area contributed by atoms with Crippen molar-refractivity contribution < 1.29 is 9.22 Å². The highest BCUT2D eigenvalue weighted by atomic mass is 32.2. The second kappa shape index (κ2) is 7.87. The number of rotatable bonds is 7. The van der Waals surface area contributed by atoms with Crippen LogP contribution in [-0.4, -0.2) is 18.2 Å². The van der Waals surface area contributed by atoms with Gasteiger partial charge < -0.3 is 4.43 Å². The number of allylic oxidation sites excluding steroid dienone is 3. The van der Waals surface area contributed by atoms with E-state index in [0.717, 1.165) is 31.4 Å². The monoisotopic (exact) mass is 340 g/mol. The Morgan fingerprint density at radius 3 is 2.64 bits per heavy atom. The largest absolute Gasteiger partial charge is 0.548 e. The zero-order valence-corrected chi connectivity index (χ0v) is 16.9. The lowest BCUT2D eigenvalue weighted by Gasteiger charge is -2.24. The molecule has 1 aliphatic rings. The van der Waals surface area contributed by atoms with Crippen LogP contribution in [0.1, 0.15) is 46.5 Å². The van der Waals surface area contributed by atoms with Gasteiger partial charge in [0.15, 0.2) is 5.12 Å². The molecule has 0 aromatic rings. The second-order valence-corrected chi connectivity index (χ2v) is 14.3. The summed E-state index contributed by atoms with van der Waals surface area (Å²) < 4.78 is 6.10. The number of hydrogen-bond donors (Lipinski definition) is 0. The maximum atomic E-state index is 12.7. The van der Waals surface area contributed by atoms with E-state index < -0.39 is 8.32 Å². The van der Waals surface area contributed by atoms with Crippen molar-refractivity contribution >= 4 is 25.2 Å². The smallest absolute Gasteiger partial charge is 0.241 e. The van der Waals surface area contributed by atoms with Crippen LogP contribution in [0, 0.1) is 11.8 Å². The number of carbonyl (C=O) groups is 1. The molecule has 0 aromatic heterocycles. The Bertz CT molecular complexity index is 429. The quantitative estimate of drug-likeness (QED) is 0.434. The Morgan fingerprint density at radius 2 is 2.14 bits per heavy atom. The van der Waals surface area contributed by atoms with Crippen molar-refractivity contribution in [3.63, 3.8) is 0 Å². The van der Waals surface area contributed by atoms with Gasteiger partial charge >= 0.3 is 0 Å². The summed E-state index contributed by atoms with van der Waals surface area (Å²) in [6, 6.07) is 0. The van der Waals surface area contributed by atoms with E-state index in [0.29, 0.717) is 11.0 Å². The van der Waals surface area contributed by atoms with Gasteiger partial charge in [0, 0.05) is 17.1 Å². The highest BCUT2D eigenvalue weighted by Gasteiger charge is 2.33. The summed E-state index contributed by atoms with van der Waals surface area (Å²) in [6.45, 7) is 16.7. The molecule has 0 N–H and O–H groups in total.